The molecule has 5 nitrogen and oxygen atoms in total. The smallest absolute Gasteiger partial charge is 0.224 e. The van der Waals surface area contributed by atoms with Crippen LogP contribution in [0.3, 0.4) is 0 Å². The van der Waals surface area contributed by atoms with E-state index in [1.165, 1.54) is 45.1 Å². The lowest BCUT2D eigenvalue weighted by Gasteiger charge is -2.32. The van der Waals surface area contributed by atoms with E-state index in [0.29, 0.717) is 24.4 Å². The summed E-state index contributed by atoms with van der Waals surface area (Å²) in [4.78, 5) is 19.2. The molecule has 2 bridgehead atoms. The lowest BCUT2D eigenvalue weighted by atomic mass is 9.73. The minimum Gasteiger partial charge on any atom is -0.370 e. The van der Waals surface area contributed by atoms with Crippen molar-refractivity contribution < 1.29 is 9.53 Å². The number of hydrogen-bond acceptors (Lipinski definition) is 4. The highest BCUT2D eigenvalue weighted by atomic mass is 16.5. The van der Waals surface area contributed by atoms with Crippen LogP contribution in [0.5, 0.6) is 0 Å². The maximum absolute atomic E-state index is 12.4. The van der Waals surface area contributed by atoms with Gasteiger partial charge in [0, 0.05) is 49.9 Å². The van der Waals surface area contributed by atoms with E-state index in [4.69, 9.17) is 4.74 Å². The molecule has 4 atom stereocenters. The standard InChI is InChI=1S/C22H31N3O2/c26-21(11-16-5-4-10-23-12-16)24-13-18-19-14-25(17-6-2-1-3-7-17)15-22(19)9-8-20(18)27-22/h4-5,10,12,17-20H,1-3,6-9,11,13-15H2,(H,24,26)/t18-,19+,20+,22+/m0/s1. The number of carbonyl (C=O) groups excluding carboxylic acids is 1. The van der Waals surface area contributed by atoms with Crippen LogP contribution in [0.25, 0.3) is 0 Å². The van der Waals surface area contributed by atoms with Crippen LogP contribution < -0.4 is 5.32 Å². The average molecular weight is 370 g/mol. The number of nitrogens with zero attached hydrogens (tertiary/aromatic N) is 2. The number of pyridine rings is 1. The highest BCUT2D eigenvalue weighted by Gasteiger charge is 2.63. The Morgan fingerprint density at radius 2 is 2.19 bits per heavy atom. The predicted molar refractivity (Wildman–Crippen MR) is 103 cm³/mol. The second kappa shape index (κ2) is 7.17. The van der Waals surface area contributed by atoms with Crippen LogP contribution >= 0.6 is 0 Å². The first-order chi connectivity index (χ1) is 13.2. The van der Waals surface area contributed by atoms with E-state index in [9.17, 15) is 4.79 Å². The number of ether oxygens (including phenoxy) is 1. The minimum absolute atomic E-state index is 0.0842. The van der Waals surface area contributed by atoms with E-state index in [1.54, 1.807) is 12.4 Å². The van der Waals surface area contributed by atoms with Gasteiger partial charge >= 0.3 is 0 Å². The van der Waals surface area contributed by atoms with Crippen molar-refractivity contribution in [2.45, 2.75) is 69.1 Å². The van der Waals surface area contributed by atoms with Crippen LogP contribution in [-0.2, 0) is 16.0 Å². The molecule has 0 unspecified atom stereocenters. The molecule has 3 saturated heterocycles. The molecule has 0 radical (unpaired) electrons. The van der Waals surface area contributed by atoms with E-state index in [2.05, 4.69) is 15.2 Å². The summed E-state index contributed by atoms with van der Waals surface area (Å²) in [6.45, 7) is 3.05. The molecule has 1 aromatic heterocycles. The van der Waals surface area contributed by atoms with Crippen LogP contribution in [0.2, 0.25) is 0 Å². The molecule has 0 aromatic carbocycles. The predicted octanol–water partition coefficient (Wildman–Crippen LogP) is 2.55. The SMILES string of the molecule is O=C(Cc1cccnc1)NC[C@H]1[C@H]2CN(C3CCCCC3)C[C@]23CC[C@H]1O3. The van der Waals surface area contributed by atoms with Crippen molar-refractivity contribution in [2.24, 2.45) is 11.8 Å². The summed E-state index contributed by atoms with van der Waals surface area (Å²) in [7, 11) is 0. The fourth-order valence-electron chi connectivity index (χ4n) is 6.21. The Kier molecular flexibility index (Phi) is 4.68. The van der Waals surface area contributed by atoms with Gasteiger partial charge in [0.25, 0.3) is 0 Å². The van der Waals surface area contributed by atoms with Gasteiger partial charge in [-0.2, -0.15) is 0 Å². The Balaban J connectivity index is 1.20. The van der Waals surface area contributed by atoms with Crippen molar-refractivity contribution in [1.29, 1.82) is 0 Å². The lowest BCUT2D eigenvalue weighted by Crippen LogP contribution is -2.42. The Morgan fingerprint density at radius 1 is 1.30 bits per heavy atom. The Hall–Kier alpha value is -1.46. The largest absolute Gasteiger partial charge is 0.370 e. The first kappa shape index (κ1) is 17.6. The lowest BCUT2D eigenvalue weighted by molar-refractivity contribution is -0.120. The topological polar surface area (TPSA) is 54.5 Å². The number of rotatable bonds is 5. The summed E-state index contributed by atoms with van der Waals surface area (Å²) >= 11 is 0. The Bertz CT molecular complexity index is 675. The van der Waals surface area contributed by atoms with E-state index in [0.717, 1.165) is 31.1 Å². The molecule has 27 heavy (non-hydrogen) atoms. The number of nitrogens with one attached hydrogen (secondary N) is 1. The molecule has 1 amide bonds. The molecular weight excluding hydrogens is 338 g/mol. The summed E-state index contributed by atoms with van der Waals surface area (Å²) in [5, 5.41) is 3.20. The molecule has 1 spiro atoms. The molecule has 5 rings (SSSR count). The maximum atomic E-state index is 12.4. The van der Waals surface area contributed by atoms with Crippen molar-refractivity contribution in [3.05, 3.63) is 30.1 Å². The fraction of sp³-hybridized carbons (Fsp3) is 0.727. The molecule has 1 saturated carbocycles. The van der Waals surface area contributed by atoms with Gasteiger partial charge in [0.2, 0.25) is 5.91 Å². The average Bonchev–Trinajstić information content (AvgIpc) is 3.36. The van der Waals surface area contributed by atoms with Gasteiger partial charge in [-0.3, -0.25) is 14.7 Å². The number of amides is 1. The first-order valence-electron chi connectivity index (χ1n) is 10.8. The van der Waals surface area contributed by atoms with E-state index < -0.39 is 0 Å². The number of likely N-dealkylation sites (tertiary alicyclic amines) is 1. The molecule has 1 aliphatic carbocycles. The summed E-state index contributed by atoms with van der Waals surface area (Å²) in [5.74, 6) is 1.17. The summed E-state index contributed by atoms with van der Waals surface area (Å²) in [6.07, 6.45) is 13.6. The van der Waals surface area contributed by atoms with Gasteiger partial charge in [-0.25, -0.2) is 0 Å². The van der Waals surface area contributed by atoms with Gasteiger partial charge in [0.1, 0.15) is 0 Å². The number of hydrogen-bond donors (Lipinski definition) is 1. The van der Waals surface area contributed by atoms with Crippen LogP contribution in [0.15, 0.2) is 24.5 Å². The van der Waals surface area contributed by atoms with Crippen LogP contribution in [-0.4, -0.2) is 53.2 Å². The second-order valence-corrected chi connectivity index (χ2v) is 9.09. The van der Waals surface area contributed by atoms with E-state index >= 15 is 0 Å². The summed E-state index contributed by atoms with van der Waals surface area (Å²) in [6, 6.07) is 4.61. The fourth-order valence-corrected chi connectivity index (χ4v) is 6.21. The Morgan fingerprint density at radius 3 is 3.00 bits per heavy atom. The van der Waals surface area contributed by atoms with Gasteiger partial charge in [-0.05, 0) is 37.3 Å². The van der Waals surface area contributed by atoms with Crippen molar-refractivity contribution >= 4 is 5.91 Å². The van der Waals surface area contributed by atoms with Crippen LogP contribution in [0.4, 0.5) is 0 Å². The third kappa shape index (κ3) is 3.29. The van der Waals surface area contributed by atoms with Gasteiger partial charge in [-0.1, -0.05) is 25.3 Å². The van der Waals surface area contributed by atoms with Gasteiger partial charge in [-0.15, -0.1) is 0 Å². The van der Waals surface area contributed by atoms with E-state index in [-0.39, 0.29) is 11.5 Å². The number of fused-ring (bicyclic) bond motifs is 1. The maximum Gasteiger partial charge on any atom is 0.224 e. The van der Waals surface area contributed by atoms with Gasteiger partial charge < -0.3 is 10.1 Å². The number of carbonyl (C=O) groups is 1. The quantitative estimate of drug-likeness (QED) is 0.867. The molecule has 4 fully saturated rings. The molecule has 4 aliphatic rings. The second-order valence-electron chi connectivity index (χ2n) is 9.09. The van der Waals surface area contributed by atoms with Gasteiger partial charge in [0.15, 0.2) is 0 Å². The molecule has 4 heterocycles. The molecule has 1 N–H and O–H groups in total. The van der Waals surface area contributed by atoms with Crippen molar-refractivity contribution in [1.82, 2.24) is 15.2 Å². The molecule has 146 valence electrons. The first-order valence-corrected chi connectivity index (χ1v) is 10.8. The zero-order chi connectivity index (χ0) is 18.3. The Labute approximate surface area is 161 Å². The molecule has 1 aromatic rings. The normalized spacial score (nSPS) is 36.1. The van der Waals surface area contributed by atoms with Gasteiger partial charge in [0.05, 0.1) is 18.1 Å². The zero-order valence-electron chi connectivity index (χ0n) is 16.1. The van der Waals surface area contributed by atoms with Crippen molar-refractivity contribution in [3.8, 4) is 0 Å². The highest BCUT2D eigenvalue weighted by molar-refractivity contribution is 5.78. The van der Waals surface area contributed by atoms with Crippen molar-refractivity contribution in [2.75, 3.05) is 19.6 Å². The third-order valence-corrected chi connectivity index (χ3v) is 7.52. The summed E-state index contributed by atoms with van der Waals surface area (Å²) in [5.41, 5.74) is 1.06. The van der Waals surface area contributed by atoms with Crippen molar-refractivity contribution in [3.63, 3.8) is 0 Å². The zero-order valence-corrected chi connectivity index (χ0v) is 16.1. The van der Waals surface area contributed by atoms with Crippen LogP contribution in [0.1, 0.15) is 50.5 Å². The van der Waals surface area contributed by atoms with Crippen LogP contribution in [0, 0.1) is 11.8 Å². The minimum atomic E-state index is 0.0842. The number of aromatic nitrogens is 1. The highest BCUT2D eigenvalue weighted by Crippen LogP contribution is 2.55. The third-order valence-electron chi connectivity index (χ3n) is 7.52. The molecule has 3 aliphatic heterocycles. The molecular formula is C22H31N3O2. The summed E-state index contributed by atoms with van der Waals surface area (Å²) < 4.78 is 6.57. The van der Waals surface area contributed by atoms with E-state index in [1.807, 2.05) is 12.1 Å². The monoisotopic (exact) mass is 369 g/mol. The molecule has 5 heteroatoms.